The Hall–Kier alpha value is -2.84. The molecule has 136 valence electrons. The van der Waals surface area contributed by atoms with Crippen molar-refractivity contribution < 1.29 is 29.1 Å². The highest BCUT2D eigenvalue weighted by Gasteiger charge is 2.26. The third-order valence-corrected chi connectivity index (χ3v) is 3.70. The van der Waals surface area contributed by atoms with Crippen LogP contribution in [-0.4, -0.2) is 41.7 Å². The number of amides is 1. The van der Waals surface area contributed by atoms with Crippen molar-refractivity contribution in [3.8, 4) is 11.5 Å². The van der Waals surface area contributed by atoms with Gasteiger partial charge in [-0.05, 0) is 12.8 Å². The van der Waals surface area contributed by atoms with E-state index in [1.807, 2.05) is 0 Å². The maximum absolute atomic E-state index is 12.2. The predicted molar refractivity (Wildman–Crippen MR) is 87.1 cm³/mol. The summed E-state index contributed by atoms with van der Waals surface area (Å²) in [6, 6.07) is 2.53. The number of fused-ring (bicyclic) bond motifs is 1. The van der Waals surface area contributed by atoms with Crippen molar-refractivity contribution >= 4 is 17.6 Å². The second kappa shape index (κ2) is 8.86. The summed E-state index contributed by atoms with van der Waals surface area (Å²) < 4.78 is 10.7. The van der Waals surface area contributed by atoms with Crippen LogP contribution in [-0.2, 0) is 4.79 Å². The van der Waals surface area contributed by atoms with Crippen LogP contribution in [0.4, 0.5) is 5.69 Å². The van der Waals surface area contributed by atoms with Gasteiger partial charge in [0.05, 0.1) is 11.0 Å². The van der Waals surface area contributed by atoms with Gasteiger partial charge in [-0.25, -0.2) is 0 Å². The number of benzene rings is 1. The lowest BCUT2D eigenvalue weighted by atomic mass is 10.1. The minimum atomic E-state index is -0.820. The second-order valence-electron chi connectivity index (χ2n) is 5.58. The molecule has 2 N–H and O–H groups in total. The van der Waals surface area contributed by atoms with Crippen molar-refractivity contribution in [2.24, 2.45) is 0 Å². The van der Waals surface area contributed by atoms with E-state index in [-0.39, 0.29) is 23.4 Å². The zero-order valence-electron chi connectivity index (χ0n) is 13.7. The van der Waals surface area contributed by atoms with Crippen molar-refractivity contribution in [1.29, 1.82) is 0 Å². The van der Waals surface area contributed by atoms with Gasteiger partial charge in [0, 0.05) is 19.0 Å². The van der Waals surface area contributed by atoms with Crippen molar-refractivity contribution in [1.82, 2.24) is 5.32 Å². The summed E-state index contributed by atoms with van der Waals surface area (Å²) in [7, 11) is 0. The molecule has 0 saturated heterocycles. The third kappa shape index (κ3) is 5.33. The summed E-state index contributed by atoms with van der Waals surface area (Å²) in [6.07, 6.45) is 2.93. The highest BCUT2D eigenvalue weighted by Crippen LogP contribution is 2.36. The van der Waals surface area contributed by atoms with Crippen LogP contribution in [0.15, 0.2) is 12.1 Å². The molecule has 0 fully saturated rings. The first-order chi connectivity index (χ1) is 12.0. The lowest BCUT2D eigenvalue weighted by Gasteiger charge is -2.18. The van der Waals surface area contributed by atoms with Gasteiger partial charge in [-0.2, -0.15) is 0 Å². The number of hydrogen-bond acceptors (Lipinski definition) is 6. The molecule has 1 amide bonds. The van der Waals surface area contributed by atoms with Gasteiger partial charge in [-0.15, -0.1) is 0 Å². The number of nitro benzene ring substituents is 1. The molecule has 0 aromatic heterocycles. The molecular formula is C16H20N2O7. The summed E-state index contributed by atoms with van der Waals surface area (Å²) in [5, 5.41) is 22.4. The molecule has 0 unspecified atom stereocenters. The maximum atomic E-state index is 12.2. The Kier molecular flexibility index (Phi) is 6.55. The minimum absolute atomic E-state index is 0.0693. The SMILES string of the molecule is O=C(O)CCCCCCNC(=O)c1cc2c(cc1[N+](=O)[O-])OCCO2. The van der Waals surface area contributed by atoms with Crippen LogP contribution in [0.25, 0.3) is 0 Å². The molecule has 1 aromatic rings. The Labute approximate surface area is 144 Å². The van der Waals surface area contributed by atoms with E-state index in [0.717, 1.165) is 12.8 Å². The molecule has 1 heterocycles. The first-order valence-electron chi connectivity index (χ1n) is 8.07. The number of carbonyl (C=O) groups is 2. The number of rotatable bonds is 9. The van der Waals surface area contributed by atoms with Gasteiger partial charge < -0.3 is 19.9 Å². The molecular weight excluding hydrogens is 332 g/mol. The number of nitro groups is 1. The summed E-state index contributed by atoms with van der Waals surface area (Å²) >= 11 is 0. The Bertz CT molecular complexity index is 660. The molecule has 1 aromatic carbocycles. The van der Waals surface area contributed by atoms with Gasteiger partial charge in [0.2, 0.25) is 0 Å². The topological polar surface area (TPSA) is 128 Å². The first-order valence-corrected chi connectivity index (χ1v) is 8.07. The van der Waals surface area contributed by atoms with Crippen LogP contribution < -0.4 is 14.8 Å². The van der Waals surface area contributed by atoms with Crippen molar-refractivity contribution in [3.05, 3.63) is 27.8 Å². The number of aliphatic carboxylic acids is 1. The molecule has 1 aliphatic heterocycles. The minimum Gasteiger partial charge on any atom is -0.486 e. The van der Waals surface area contributed by atoms with E-state index < -0.39 is 16.8 Å². The number of carbonyl (C=O) groups excluding carboxylic acids is 1. The highest BCUT2D eigenvalue weighted by atomic mass is 16.6. The van der Waals surface area contributed by atoms with Crippen LogP contribution in [0, 0.1) is 10.1 Å². The third-order valence-electron chi connectivity index (χ3n) is 3.70. The number of ether oxygens (including phenoxy) is 2. The van der Waals surface area contributed by atoms with Gasteiger partial charge >= 0.3 is 5.97 Å². The second-order valence-corrected chi connectivity index (χ2v) is 5.58. The molecule has 0 saturated carbocycles. The van der Waals surface area contributed by atoms with E-state index >= 15 is 0 Å². The van der Waals surface area contributed by atoms with E-state index in [9.17, 15) is 19.7 Å². The molecule has 1 aliphatic rings. The molecule has 2 rings (SSSR count). The van der Waals surface area contributed by atoms with E-state index in [0.29, 0.717) is 38.3 Å². The zero-order valence-corrected chi connectivity index (χ0v) is 13.7. The monoisotopic (exact) mass is 352 g/mol. The smallest absolute Gasteiger partial charge is 0.303 e. The highest BCUT2D eigenvalue weighted by molar-refractivity contribution is 5.99. The van der Waals surface area contributed by atoms with Crippen LogP contribution in [0.1, 0.15) is 42.5 Å². The van der Waals surface area contributed by atoms with Crippen LogP contribution in [0.5, 0.6) is 11.5 Å². The predicted octanol–water partition coefficient (Wildman–Crippen LogP) is 2.13. The largest absolute Gasteiger partial charge is 0.486 e. The van der Waals surface area contributed by atoms with Gasteiger partial charge in [-0.3, -0.25) is 19.7 Å². The summed E-state index contributed by atoms with van der Waals surface area (Å²) in [5.41, 5.74) is -0.400. The van der Waals surface area contributed by atoms with E-state index in [2.05, 4.69) is 5.32 Å². The molecule has 9 nitrogen and oxygen atoms in total. The fraction of sp³-hybridized carbons (Fsp3) is 0.500. The summed E-state index contributed by atoms with van der Waals surface area (Å²) in [4.78, 5) is 33.2. The molecule has 25 heavy (non-hydrogen) atoms. The Morgan fingerprint density at radius 1 is 1.12 bits per heavy atom. The maximum Gasteiger partial charge on any atom is 0.303 e. The molecule has 0 aliphatic carbocycles. The number of carboxylic acids is 1. The lowest BCUT2D eigenvalue weighted by molar-refractivity contribution is -0.385. The molecule has 0 bridgehead atoms. The van der Waals surface area contributed by atoms with Gasteiger partial charge in [0.15, 0.2) is 11.5 Å². The standard InChI is InChI=1S/C16H20N2O7/c19-15(20)5-3-1-2-4-6-17-16(21)11-9-13-14(25-8-7-24-13)10-12(11)18(22)23/h9-10H,1-8H2,(H,17,21)(H,19,20). The Morgan fingerprint density at radius 2 is 1.76 bits per heavy atom. The summed E-state index contributed by atoms with van der Waals surface area (Å²) in [5.74, 6) is -0.794. The number of unbranched alkanes of at least 4 members (excludes halogenated alkanes) is 3. The number of nitrogens with zero attached hydrogens (tertiary/aromatic N) is 1. The van der Waals surface area contributed by atoms with E-state index in [1.54, 1.807) is 0 Å². The number of nitrogens with one attached hydrogen (secondary N) is 1. The lowest BCUT2D eigenvalue weighted by Crippen LogP contribution is -2.26. The Balaban J connectivity index is 1.90. The summed E-state index contributed by atoms with van der Waals surface area (Å²) in [6.45, 7) is 0.983. The van der Waals surface area contributed by atoms with Crippen LogP contribution >= 0.6 is 0 Å². The van der Waals surface area contributed by atoms with Gasteiger partial charge in [0.1, 0.15) is 18.8 Å². The average molecular weight is 352 g/mol. The number of carboxylic acid groups (broad SMARTS) is 1. The Morgan fingerprint density at radius 3 is 2.40 bits per heavy atom. The van der Waals surface area contributed by atoms with Gasteiger partial charge in [-0.1, -0.05) is 12.8 Å². The van der Waals surface area contributed by atoms with Crippen molar-refractivity contribution in [3.63, 3.8) is 0 Å². The average Bonchev–Trinajstić information content (AvgIpc) is 2.59. The first kappa shape index (κ1) is 18.5. The van der Waals surface area contributed by atoms with Crippen molar-refractivity contribution in [2.45, 2.75) is 32.1 Å². The van der Waals surface area contributed by atoms with Crippen LogP contribution in [0.3, 0.4) is 0 Å². The fourth-order valence-electron chi connectivity index (χ4n) is 2.46. The molecule has 0 radical (unpaired) electrons. The molecule has 0 atom stereocenters. The molecule has 0 spiro atoms. The normalized spacial score (nSPS) is 12.5. The van der Waals surface area contributed by atoms with Gasteiger partial charge in [0.25, 0.3) is 11.6 Å². The number of hydrogen-bond donors (Lipinski definition) is 2. The fourth-order valence-corrected chi connectivity index (χ4v) is 2.46. The quantitative estimate of drug-likeness (QED) is 0.396. The van der Waals surface area contributed by atoms with Crippen molar-refractivity contribution in [2.75, 3.05) is 19.8 Å². The van der Waals surface area contributed by atoms with E-state index in [1.165, 1.54) is 12.1 Å². The molecule has 9 heteroatoms. The van der Waals surface area contributed by atoms with E-state index in [4.69, 9.17) is 14.6 Å². The van der Waals surface area contributed by atoms with Crippen LogP contribution in [0.2, 0.25) is 0 Å². The zero-order chi connectivity index (χ0) is 18.2.